The van der Waals surface area contributed by atoms with Gasteiger partial charge in [-0.3, -0.25) is 9.59 Å². The third-order valence-corrected chi connectivity index (χ3v) is 12.4. The Balaban J connectivity index is 1.01. The minimum absolute atomic E-state index is 0.0457. The Labute approximate surface area is 375 Å². The van der Waals surface area contributed by atoms with Gasteiger partial charge in [0.15, 0.2) is 0 Å². The molecule has 64 heavy (non-hydrogen) atoms. The van der Waals surface area contributed by atoms with Crippen molar-refractivity contribution in [1.29, 1.82) is 0 Å². The summed E-state index contributed by atoms with van der Waals surface area (Å²) in [6.07, 6.45) is 3.40. The molecule has 0 heterocycles. The Kier molecular flexibility index (Phi) is 13.3. The number of rotatable bonds is 17. The molecule has 0 saturated carbocycles. The lowest BCUT2D eigenvalue weighted by molar-refractivity contribution is 0.0762. The Hall–Kier alpha value is -7.06. The zero-order valence-electron chi connectivity index (χ0n) is 37.2. The van der Waals surface area contributed by atoms with E-state index in [0.717, 1.165) is 79.9 Å². The van der Waals surface area contributed by atoms with Crippen molar-refractivity contribution in [2.24, 2.45) is 0 Å². The molecule has 8 nitrogen and oxygen atoms in total. The van der Waals surface area contributed by atoms with Gasteiger partial charge < -0.3 is 29.5 Å². The van der Waals surface area contributed by atoms with E-state index in [2.05, 4.69) is 0 Å². The summed E-state index contributed by atoms with van der Waals surface area (Å²) in [7, 11) is 0. The molecule has 8 rings (SSSR count). The summed E-state index contributed by atoms with van der Waals surface area (Å²) < 4.78 is 13.2. The van der Waals surface area contributed by atoms with Crippen LogP contribution in [0.2, 0.25) is 0 Å². The summed E-state index contributed by atoms with van der Waals surface area (Å²) in [5.41, 5.74) is 3.27. The molecule has 0 radical (unpaired) electrons. The molecule has 8 aromatic carbocycles. The van der Waals surface area contributed by atoms with Crippen LogP contribution in [-0.2, 0) is 0 Å². The molecule has 0 spiro atoms. The number of carbonyl (C=O) groups excluding carboxylic acids is 2. The number of nitrogens with zero attached hydrogens (tertiary/aromatic N) is 2. The van der Waals surface area contributed by atoms with E-state index in [9.17, 15) is 19.8 Å². The van der Waals surface area contributed by atoms with Gasteiger partial charge in [-0.15, -0.1) is 0 Å². The summed E-state index contributed by atoms with van der Waals surface area (Å²) in [5.74, 6) is 0.795. The van der Waals surface area contributed by atoms with Crippen LogP contribution in [0, 0.1) is 0 Å². The highest BCUT2D eigenvalue weighted by molar-refractivity contribution is 6.15. The fourth-order valence-corrected chi connectivity index (χ4v) is 9.05. The SMILES string of the molecule is CCN(CC)C(=O)c1cc2ccccc2c(-c2c(OCCCCCCOc3ccc4ccccc4c3-c3c(O)c(C(=O)N(CC)CC)cc4ccccc34)ccc3ccccc23)c1O. The quantitative estimate of drug-likeness (QED) is 0.0885. The van der Waals surface area contributed by atoms with Crippen LogP contribution in [0.5, 0.6) is 23.0 Å². The first-order chi connectivity index (χ1) is 31.3. The molecule has 2 N–H and O–H groups in total. The molecule has 0 saturated heterocycles. The van der Waals surface area contributed by atoms with Crippen LogP contribution in [0.4, 0.5) is 0 Å². The van der Waals surface area contributed by atoms with E-state index < -0.39 is 0 Å². The van der Waals surface area contributed by atoms with E-state index in [1.54, 1.807) is 21.9 Å². The molecule has 0 aromatic heterocycles. The van der Waals surface area contributed by atoms with Crippen LogP contribution in [0.1, 0.15) is 74.1 Å². The van der Waals surface area contributed by atoms with Gasteiger partial charge in [-0.05, 0) is 121 Å². The number of carbonyl (C=O) groups is 2. The lowest BCUT2D eigenvalue weighted by Gasteiger charge is -2.22. The van der Waals surface area contributed by atoms with Crippen molar-refractivity contribution >= 4 is 54.9 Å². The zero-order chi connectivity index (χ0) is 44.7. The number of hydrogen-bond acceptors (Lipinski definition) is 6. The number of amides is 2. The Bertz CT molecular complexity index is 2780. The monoisotopic (exact) mass is 852 g/mol. The molecular formula is C56H56N2O6. The van der Waals surface area contributed by atoms with Crippen LogP contribution in [0.3, 0.4) is 0 Å². The normalized spacial score (nSPS) is 11.4. The summed E-state index contributed by atoms with van der Waals surface area (Å²) in [5, 5.41) is 31.4. The first-order valence-electron chi connectivity index (χ1n) is 22.7. The molecular weight excluding hydrogens is 797 g/mol. The maximum atomic E-state index is 13.8. The first-order valence-corrected chi connectivity index (χ1v) is 22.7. The van der Waals surface area contributed by atoms with Gasteiger partial charge in [-0.2, -0.15) is 0 Å². The van der Waals surface area contributed by atoms with Gasteiger partial charge in [0.25, 0.3) is 11.8 Å². The first kappa shape index (κ1) is 43.6. The standard InChI is InChI=1S/C56H56N2O6/c1-5-57(6-2)55(61)45-35-39-23-13-17-27-43(39)51(53(45)59)49-41-25-15-11-21-37(41)29-31-47(49)63-33-19-9-10-20-34-64-48-32-30-38-22-12-16-26-42(38)50(48)52-44-28-18-14-24-40(44)36-46(54(52)60)56(62)58(7-3)8-4/h11-18,21-32,35-36,59-60H,5-10,19-20,33-34H2,1-4H3. The van der Waals surface area contributed by atoms with Crippen LogP contribution in [-0.4, -0.2) is 71.2 Å². The fraction of sp³-hybridized carbons (Fsp3) is 0.250. The number of unbranched alkanes of at least 4 members (excludes halogenated alkanes) is 3. The van der Waals surface area contributed by atoms with Crippen LogP contribution < -0.4 is 9.47 Å². The predicted molar refractivity (Wildman–Crippen MR) is 261 cm³/mol. The second-order valence-corrected chi connectivity index (χ2v) is 16.1. The lowest BCUT2D eigenvalue weighted by Crippen LogP contribution is -2.30. The van der Waals surface area contributed by atoms with Crippen molar-refractivity contribution in [3.8, 4) is 45.3 Å². The van der Waals surface area contributed by atoms with E-state index in [1.165, 1.54) is 0 Å². The molecule has 2 amide bonds. The molecule has 0 bridgehead atoms. The minimum Gasteiger partial charge on any atom is -0.506 e. The number of phenolic OH excluding ortho intramolecular Hbond substituents is 2. The van der Waals surface area contributed by atoms with Gasteiger partial charge in [-0.1, -0.05) is 109 Å². The van der Waals surface area contributed by atoms with Crippen molar-refractivity contribution in [2.45, 2.75) is 53.4 Å². The lowest BCUT2D eigenvalue weighted by atomic mass is 9.90. The van der Waals surface area contributed by atoms with Crippen molar-refractivity contribution in [1.82, 2.24) is 9.80 Å². The predicted octanol–water partition coefficient (Wildman–Crippen LogP) is 13.0. The van der Waals surface area contributed by atoms with E-state index in [1.807, 2.05) is 149 Å². The summed E-state index contributed by atoms with van der Waals surface area (Å²) in [4.78, 5) is 31.0. The number of ether oxygens (including phenoxy) is 2. The summed E-state index contributed by atoms with van der Waals surface area (Å²) in [6.45, 7) is 10.8. The number of phenols is 2. The number of fused-ring (bicyclic) bond motifs is 4. The Morgan fingerprint density at radius 3 is 1.11 bits per heavy atom. The van der Waals surface area contributed by atoms with Gasteiger partial charge in [0.1, 0.15) is 23.0 Å². The van der Waals surface area contributed by atoms with Crippen molar-refractivity contribution in [3.05, 3.63) is 145 Å². The second kappa shape index (κ2) is 19.5. The Morgan fingerprint density at radius 1 is 0.422 bits per heavy atom. The number of hydrogen-bond donors (Lipinski definition) is 2. The molecule has 8 heteroatoms. The highest BCUT2D eigenvalue weighted by atomic mass is 16.5. The third-order valence-electron chi connectivity index (χ3n) is 12.4. The van der Waals surface area contributed by atoms with Gasteiger partial charge in [0.2, 0.25) is 0 Å². The van der Waals surface area contributed by atoms with E-state index in [4.69, 9.17) is 9.47 Å². The van der Waals surface area contributed by atoms with Crippen LogP contribution >= 0.6 is 0 Å². The van der Waals surface area contributed by atoms with Crippen molar-refractivity contribution < 1.29 is 29.3 Å². The summed E-state index contributed by atoms with van der Waals surface area (Å²) in [6, 6.07) is 43.5. The van der Waals surface area contributed by atoms with Gasteiger partial charge in [0, 0.05) is 48.4 Å². The second-order valence-electron chi connectivity index (χ2n) is 16.1. The van der Waals surface area contributed by atoms with E-state index >= 15 is 0 Å². The van der Waals surface area contributed by atoms with Gasteiger partial charge in [-0.25, -0.2) is 0 Å². The molecule has 0 fully saturated rings. The number of benzene rings is 8. The average Bonchev–Trinajstić information content (AvgIpc) is 3.33. The zero-order valence-corrected chi connectivity index (χ0v) is 37.2. The van der Waals surface area contributed by atoms with Crippen LogP contribution in [0.15, 0.2) is 133 Å². The molecule has 8 aromatic rings. The summed E-state index contributed by atoms with van der Waals surface area (Å²) >= 11 is 0. The Morgan fingerprint density at radius 2 is 0.750 bits per heavy atom. The van der Waals surface area contributed by atoms with E-state index in [0.29, 0.717) is 62.0 Å². The largest absolute Gasteiger partial charge is 0.506 e. The average molecular weight is 853 g/mol. The highest BCUT2D eigenvalue weighted by Crippen LogP contribution is 2.48. The van der Waals surface area contributed by atoms with Crippen LogP contribution in [0.25, 0.3) is 65.3 Å². The minimum atomic E-state index is -0.207. The number of aromatic hydroxyl groups is 2. The third kappa shape index (κ3) is 8.40. The maximum Gasteiger partial charge on any atom is 0.257 e. The fourth-order valence-electron chi connectivity index (χ4n) is 9.05. The van der Waals surface area contributed by atoms with Crippen molar-refractivity contribution in [2.75, 3.05) is 39.4 Å². The van der Waals surface area contributed by atoms with Crippen molar-refractivity contribution in [3.63, 3.8) is 0 Å². The molecule has 0 unspecified atom stereocenters. The molecule has 0 atom stereocenters. The maximum absolute atomic E-state index is 13.8. The van der Waals surface area contributed by atoms with Gasteiger partial charge in [0.05, 0.1) is 24.3 Å². The molecule has 0 aliphatic heterocycles. The molecule has 326 valence electrons. The molecule has 0 aliphatic carbocycles. The topological polar surface area (TPSA) is 99.5 Å². The highest BCUT2D eigenvalue weighted by Gasteiger charge is 2.27. The smallest absolute Gasteiger partial charge is 0.257 e. The van der Waals surface area contributed by atoms with Gasteiger partial charge >= 0.3 is 0 Å². The molecule has 0 aliphatic rings. The van der Waals surface area contributed by atoms with E-state index in [-0.39, 0.29) is 34.4 Å².